The van der Waals surface area contributed by atoms with Crippen LogP contribution in [0.25, 0.3) is 0 Å². The molecular formula is C22H28I3N3O5. The number of carboxylic acid groups (broad SMARTS) is 1. The van der Waals surface area contributed by atoms with Crippen molar-refractivity contribution in [2.75, 3.05) is 29.4 Å². The van der Waals surface area contributed by atoms with Crippen molar-refractivity contribution < 1.29 is 24.3 Å². The Kier molecular flexibility index (Phi) is 10.6. The number of carboxylic acids is 1. The van der Waals surface area contributed by atoms with Crippen molar-refractivity contribution in [1.82, 2.24) is 4.90 Å². The molecular weight excluding hydrogens is 767 g/mol. The molecule has 2 rings (SSSR count). The number of hydrogen-bond donors (Lipinski definition) is 1. The molecule has 1 heterocycles. The molecule has 182 valence electrons. The molecule has 3 amide bonds. The SMILES string of the molecule is CCC(=O)N(CC)c1c(I)c(C(=O)N2CCCC2C(=O)O)c(I)c(N(CC)C(=O)CC)c1I. The molecule has 1 atom stereocenters. The number of likely N-dealkylation sites (tertiary alicyclic amines) is 1. The summed E-state index contributed by atoms with van der Waals surface area (Å²) in [5.41, 5.74) is 1.54. The summed E-state index contributed by atoms with van der Waals surface area (Å²) in [6, 6.07) is -0.880. The number of hydrogen-bond acceptors (Lipinski definition) is 4. The monoisotopic (exact) mass is 795 g/mol. The fraction of sp³-hybridized carbons (Fsp3) is 0.545. The average molecular weight is 795 g/mol. The summed E-state index contributed by atoms with van der Waals surface area (Å²) in [6.07, 6.45) is 1.61. The molecule has 1 aromatic rings. The third-order valence-corrected chi connectivity index (χ3v) is 8.78. The van der Waals surface area contributed by atoms with E-state index in [-0.39, 0.29) is 17.7 Å². The van der Waals surface area contributed by atoms with Gasteiger partial charge in [-0.25, -0.2) is 4.79 Å². The Labute approximate surface area is 235 Å². The quantitative estimate of drug-likeness (QED) is 0.385. The molecule has 33 heavy (non-hydrogen) atoms. The molecule has 1 aliphatic heterocycles. The maximum Gasteiger partial charge on any atom is 0.326 e. The van der Waals surface area contributed by atoms with Crippen molar-refractivity contribution >= 4 is 103 Å². The van der Waals surface area contributed by atoms with E-state index < -0.39 is 12.0 Å². The van der Waals surface area contributed by atoms with Crippen molar-refractivity contribution in [3.05, 3.63) is 16.3 Å². The number of benzene rings is 1. The normalized spacial score (nSPS) is 15.5. The zero-order valence-electron chi connectivity index (χ0n) is 19.1. The number of carbonyl (C=O) groups is 4. The maximum atomic E-state index is 13.8. The van der Waals surface area contributed by atoms with Gasteiger partial charge in [-0.3, -0.25) is 14.4 Å². The van der Waals surface area contributed by atoms with Crippen LogP contribution in [-0.2, 0) is 14.4 Å². The fourth-order valence-electron chi connectivity index (χ4n) is 4.01. The summed E-state index contributed by atoms with van der Waals surface area (Å²) in [5, 5.41) is 9.63. The van der Waals surface area contributed by atoms with Gasteiger partial charge in [0.2, 0.25) is 11.8 Å². The molecule has 1 saturated heterocycles. The third-order valence-electron chi connectivity index (χ3n) is 5.66. The van der Waals surface area contributed by atoms with Gasteiger partial charge < -0.3 is 19.8 Å². The molecule has 1 aliphatic rings. The largest absolute Gasteiger partial charge is 0.480 e. The van der Waals surface area contributed by atoms with E-state index in [0.29, 0.717) is 69.4 Å². The first-order chi connectivity index (χ1) is 15.6. The Hall–Kier alpha value is -0.710. The highest BCUT2D eigenvalue weighted by Gasteiger charge is 2.39. The molecule has 1 fully saturated rings. The van der Waals surface area contributed by atoms with Gasteiger partial charge in [0, 0.05) is 32.5 Å². The Morgan fingerprint density at radius 1 is 0.879 bits per heavy atom. The average Bonchev–Trinajstić information content (AvgIpc) is 3.28. The van der Waals surface area contributed by atoms with Gasteiger partial charge in [0.25, 0.3) is 5.91 Å². The minimum absolute atomic E-state index is 0.0895. The van der Waals surface area contributed by atoms with Crippen molar-refractivity contribution in [3.63, 3.8) is 0 Å². The lowest BCUT2D eigenvalue weighted by Gasteiger charge is -2.32. The smallest absolute Gasteiger partial charge is 0.326 e. The molecule has 1 aromatic carbocycles. The molecule has 0 bridgehead atoms. The van der Waals surface area contributed by atoms with Crippen molar-refractivity contribution in [2.24, 2.45) is 0 Å². The Balaban J connectivity index is 2.88. The highest BCUT2D eigenvalue weighted by Crippen LogP contribution is 2.43. The molecule has 1 N–H and O–H groups in total. The second kappa shape index (κ2) is 12.3. The topological polar surface area (TPSA) is 98.2 Å². The number of amides is 3. The standard InChI is InChI=1S/C22H28I3N3O5/c1-5-13(29)26(7-3)19-16(23)15(21(31)28-11-9-10-12(28)22(32)33)17(24)20(18(19)25)27(8-4)14(30)6-2/h12H,5-11H2,1-4H3,(H,32,33). The van der Waals surface area contributed by atoms with Crippen LogP contribution in [0.1, 0.15) is 63.7 Å². The fourth-order valence-corrected chi connectivity index (χ4v) is 8.80. The van der Waals surface area contributed by atoms with Gasteiger partial charge in [-0.1, -0.05) is 13.8 Å². The molecule has 0 aliphatic carbocycles. The summed E-state index contributed by atoms with van der Waals surface area (Å²) < 4.78 is 1.91. The zero-order chi connectivity index (χ0) is 25.0. The third kappa shape index (κ3) is 5.59. The van der Waals surface area contributed by atoms with Crippen LogP contribution in [0.2, 0.25) is 0 Å². The number of halogens is 3. The predicted molar refractivity (Wildman–Crippen MR) is 153 cm³/mol. The Morgan fingerprint density at radius 2 is 1.33 bits per heavy atom. The maximum absolute atomic E-state index is 13.8. The summed E-state index contributed by atoms with van der Waals surface area (Å²) in [4.78, 5) is 55.8. The van der Waals surface area contributed by atoms with E-state index in [1.807, 2.05) is 13.8 Å². The summed E-state index contributed by atoms with van der Waals surface area (Å²) in [6.45, 7) is 8.47. The number of anilines is 2. The summed E-state index contributed by atoms with van der Waals surface area (Å²) in [5.74, 6) is -1.58. The van der Waals surface area contributed by atoms with Gasteiger partial charge in [0.05, 0.1) is 27.6 Å². The van der Waals surface area contributed by atoms with Crippen LogP contribution in [0.15, 0.2) is 0 Å². The van der Waals surface area contributed by atoms with Gasteiger partial charge in [-0.05, 0) is 94.5 Å². The first kappa shape index (κ1) is 28.5. The highest BCUT2D eigenvalue weighted by atomic mass is 127. The van der Waals surface area contributed by atoms with Gasteiger partial charge >= 0.3 is 5.97 Å². The minimum atomic E-state index is -1.02. The van der Waals surface area contributed by atoms with Crippen molar-refractivity contribution in [2.45, 2.75) is 59.4 Å². The number of nitrogens with zero attached hydrogens (tertiary/aromatic N) is 3. The van der Waals surface area contributed by atoms with Crippen LogP contribution in [0, 0.1) is 10.7 Å². The van der Waals surface area contributed by atoms with Crippen LogP contribution in [-0.4, -0.2) is 59.4 Å². The number of carbonyl (C=O) groups excluding carboxylic acids is 3. The van der Waals surface area contributed by atoms with E-state index in [0.717, 1.165) is 3.57 Å². The van der Waals surface area contributed by atoms with Crippen molar-refractivity contribution in [1.29, 1.82) is 0 Å². The van der Waals surface area contributed by atoms with Crippen LogP contribution >= 0.6 is 67.8 Å². The molecule has 1 unspecified atom stereocenters. The predicted octanol–water partition coefficient (Wildman–Crippen LogP) is 4.72. The van der Waals surface area contributed by atoms with Crippen LogP contribution in [0.5, 0.6) is 0 Å². The van der Waals surface area contributed by atoms with Gasteiger partial charge in [-0.2, -0.15) is 0 Å². The molecule has 0 spiro atoms. The lowest BCUT2D eigenvalue weighted by Crippen LogP contribution is -2.42. The van der Waals surface area contributed by atoms with Gasteiger partial charge in [0.15, 0.2) is 0 Å². The van der Waals surface area contributed by atoms with Crippen LogP contribution in [0.4, 0.5) is 11.4 Å². The van der Waals surface area contributed by atoms with E-state index in [2.05, 4.69) is 67.8 Å². The molecule has 0 saturated carbocycles. The van der Waals surface area contributed by atoms with E-state index >= 15 is 0 Å². The van der Waals surface area contributed by atoms with Crippen LogP contribution < -0.4 is 9.80 Å². The van der Waals surface area contributed by atoms with E-state index in [4.69, 9.17) is 0 Å². The highest BCUT2D eigenvalue weighted by molar-refractivity contribution is 14.1. The van der Waals surface area contributed by atoms with Gasteiger partial charge in [-0.15, -0.1) is 0 Å². The Morgan fingerprint density at radius 3 is 1.70 bits per heavy atom. The first-order valence-electron chi connectivity index (χ1n) is 10.9. The minimum Gasteiger partial charge on any atom is -0.480 e. The van der Waals surface area contributed by atoms with Crippen molar-refractivity contribution in [3.8, 4) is 0 Å². The molecule has 0 radical (unpaired) electrons. The second-order valence-electron chi connectivity index (χ2n) is 7.49. The van der Waals surface area contributed by atoms with Crippen LogP contribution in [0.3, 0.4) is 0 Å². The lowest BCUT2D eigenvalue weighted by atomic mass is 10.1. The van der Waals surface area contributed by atoms with E-state index in [1.165, 1.54) is 4.90 Å². The van der Waals surface area contributed by atoms with Gasteiger partial charge in [0.1, 0.15) is 6.04 Å². The van der Waals surface area contributed by atoms with E-state index in [9.17, 15) is 24.3 Å². The second-order valence-corrected chi connectivity index (χ2v) is 10.7. The lowest BCUT2D eigenvalue weighted by molar-refractivity contribution is -0.141. The number of rotatable bonds is 8. The summed E-state index contributed by atoms with van der Waals surface area (Å²) in [7, 11) is 0. The molecule has 8 nitrogen and oxygen atoms in total. The first-order valence-corrected chi connectivity index (χ1v) is 14.2. The van der Waals surface area contributed by atoms with E-state index in [1.54, 1.807) is 23.6 Å². The zero-order valence-corrected chi connectivity index (χ0v) is 25.6. The number of aliphatic carboxylic acids is 1. The molecule has 11 heteroatoms. The summed E-state index contributed by atoms with van der Waals surface area (Å²) >= 11 is 6.32. The Bertz CT molecular complexity index is 918. The molecule has 0 aromatic heterocycles.